The number of carbonyl (C=O) groups excluding carboxylic acids is 1. The summed E-state index contributed by atoms with van der Waals surface area (Å²) in [5, 5.41) is 15.9. The predicted molar refractivity (Wildman–Crippen MR) is 80.9 cm³/mol. The van der Waals surface area contributed by atoms with E-state index in [1.807, 2.05) is 13.0 Å². The molecule has 6 heteroatoms. The van der Waals surface area contributed by atoms with Gasteiger partial charge in [0, 0.05) is 29.9 Å². The van der Waals surface area contributed by atoms with Gasteiger partial charge in [-0.15, -0.1) is 0 Å². The average Bonchev–Trinajstić information content (AvgIpc) is 2.77. The molecule has 0 radical (unpaired) electrons. The minimum atomic E-state index is -1.01. The number of nitrogens with zero attached hydrogens (tertiary/aromatic N) is 3. The summed E-state index contributed by atoms with van der Waals surface area (Å²) in [6.45, 7) is 5.08. The third-order valence-corrected chi connectivity index (χ3v) is 3.54. The molecule has 0 bridgehead atoms. The number of hydrogen-bond donors (Lipinski definition) is 1. The van der Waals surface area contributed by atoms with Crippen LogP contribution in [0.3, 0.4) is 0 Å². The Morgan fingerprint density at radius 2 is 2.09 bits per heavy atom. The molecule has 0 atom stereocenters. The molecule has 5 nitrogen and oxygen atoms in total. The monoisotopic (exact) mass is 300 g/mol. The van der Waals surface area contributed by atoms with E-state index < -0.39 is 17.1 Å². The number of halogens is 1. The average molecular weight is 300 g/mol. The molecule has 114 valence electrons. The summed E-state index contributed by atoms with van der Waals surface area (Å²) in [5.41, 5.74) is 0.366. The molecule has 0 saturated heterocycles. The lowest BCUT2D eigenvalue weighted by molar-refractivity contribution is 0.102. The predicted octanol–water partition coefficient (Wildman–Crippen LogP) is 2.92. The molecule has 0 aliphatic rings. The summed E-state index contributed by atoms with van der Waals surface area (Å²) in [6, 6.07) is 7.77. The van der Waals surface area contributed by atoms with Crippen LogP contribution in [0.25, 0.3) is 0 Å². The summed E-state index contributed by atoms with van der Waals surface area (Å²) in [7, 11) is 1.77. The molecule has 2 aromatic rings. The molecule has 1 N–H and O–H groups in total. The summed E-state index contributed by atoms with van der Waals surface area (Å²) in [6.07, 6.45) is 0. The summed E-state index contributed by atoms with van der Waals surface area (Å²) in [4.78, 5) is 12.2. The highest BCUT2D eigenvalue weighted by atomic mass is 19.1. The van der Waals surface area contributed by atoms with Crippen LogP contribution in [0, 0.1) is 24.1 Å². The molecule has 1 aromatic carbocycles. The zero-order chi connectivity index (χ0) is 16.5. The smallest absolute Gasteiger partial charge is 0.256 e. The van der Waals surface area contributed by atoms with Crippen molar-refractivity contribution in [2.45, 2.75) is 26.2 Å². The largest absolute Gasteiger partial charge is 0.305 e. The van der Waals surface area contributed by atoms with Crippen LogP contribution < -0.4 is 5.32 Å². The first kappa shape index (κ1) is 15.7. The maximum absolute atomic E-state index is 13.9. The SMILES string of the molecule is Cc1cc(NC(=O)c2ccc(F)c(C(C)(C)C#N)c2)nn1C. The van der Waals surface area contributed by atoms with E-state index in [1.54, 1.807) is 31.6 Å². The van der Waals surface area contributed by atoms with Gasteiger partial charge in [-0.25, -0.2) is 4.39 Å². The molecule has 0 fully saturated rings. The molecular weight excluding hydrogens is 283 g/mol. The van der Waals surface area contributed by atoms with Gasteiger partial charge in [-0.1, -0.05) is 0 Å². The third-order valence-electron chi connectivity index (χ3n) is 3.54. The number of aryl methyl sites for hydroxylation is 2. The van der Waals surface area contributed by atoms with Gasteiger partial charge in [0.25, 0.3) is 5.91 Å². The Balaban J connectivity index is 2.31. The Bertz CT molecular complexity index is 751. The Hall–Kier alpha value is -2.68. The molecule has 2 rings (SSSR count). The quantitative estimate of drug-likeness (QED) is 0.947. The van der Waals surface area contributed by atoms with Crippen LogP contribution in [0.2, 0.25) is 0 Å². The van der Waals surface area contributed by atoms with Crippen LogP contribution in [-0.4, -0.2) is 15.7 Å². The lowest BCUT2D eigenvalue weighted by Crippen LogP contribution is -2.19. The zero-order valence-electron chi connectivity index (χ0n) is 12.9. The van der Waals surface area contributed by atoms with Gasteiger partial charge in [-0.05, 0) is 39.0 Å². The topological polar surface area (TPSA) is 70.7 Å². The van der Waals surface area contributed by atoms with Crippen molar-refractivity contribution in [1.29, 1.82) is 5.26 Å². The van der Waals surface area contributed by atoms with E-state index in [9.17, 15) is 9.18 Å². The van der Waals surface area contributed by atoms with Crippen LogP contribution in [0.1, 0.15) is 35.5 Å². The van der Waals surface area contributed by atoms with E-state index in [2.05, 4.69) is 10.4 Å². The molecule has 0 spiro atoms. The molecule has 1 heterocycles. The van der Waals surface area contributed by atoms with Crippen molar-refractivity contribution in [1.82, 2.24) is 9.78 Å². The molecule has 0 aliphatic heterocycles. The third kappa shape index (κ3) is 2.98. The van der Waals surface area contributed by atoms with Gasteiger partial charge in [-0.2, -0.15) is 10.4 Å². The number of aromatic nitrogens is 2. The second-order valence-electron chi connectivity index (χ2n) is 5.68. The van der Waals surface area contributed by atoms with Crippen molar-refractivity contribution in [2.24, 2.45) is 7.05 Å². The Labute approximate surface area is 128 Å². The van der Waals surface area contributed by atoms with Crippen molar-refractivity contribution in [3.63, 3.8) is 0 Å². The number of nitrogens with one attached hydrogen (secondary N) is 1. The Kier molecular flexibility index (Phi) is 4.00. The van der Waals surface area contributed by atoms with E-state index in [4.69, 9.17) is 5.26 Å². The standard InChI is InChI=1S/C16H17FN4O/c1-10-7-14(20-21(10)4)19-15(22)11-5-6-13(17)12(8-11)16(2,3)9-18/h5-8H,1-4H3,(H,19,20,22). The summed E-state index contributed by atoms with van der Waals surface area (Å²) >= 11 is 0. The first-order chi connectivity index (χ1) is 10.2. The summed E-state index contributed by atoms with van der Waals surface area (Å²) < 4.78 is 15.5. The van der Waals surface area contributed by atoms with Crippen LogP contribution in [0.5, 0.6) is 0 Å². The van der Waals surface area contributed by atoms with E-state index in [-0.39, 0.29) is 11.1 Å². The second-order valence-corrected chi connectivity index (χ2v) is 5.68. The van der Waals surface area contributed by atoms with Gasteiger partial charge in [0.1, 0.15) is 5.82 Å². The fraction of sp³-hybridized carbons (Fsp3) is 0.312. The highest BCUT2D eigenvalue weighted by molar-refractivity contribution is 6.03. The first-order valence-corrected chi connectivity index (χ1v) is 6.78. The molecule has 1 amide bonds. The minimum absolute atomic E-state index is 0.194. The van der Waals surface area contributed by atoms with Gasteiger partial charge in [0.2, 0.25) is 0 Å². The number of amides is 1. The van der Waals surface area contributed by atoms with Crippen molar-refractivity contribution < 1.29 is 9.18 Å². The lowest BCUT2D eigenvalue weighted by Gasteiger charge is -2.17. The highest BCUT2D eigenvalue weighted by Crippen LogP contribution is 2.26. The fourth-order valence-electron chi connectivity index (χ4n) is 2.02. The molecule has 0 saturated carbocycles. The van der Waals surface area contributed by atoms with E-state index in [1.165, 1.54) is 18.2 Å². The summed E-state index contributed by atoms with van der Waals surface area (Å²) in [5.74, 6) is -0.472. The molecule has 1 aromatic heterocycles. The van der Waals surface area contributed by atoms with Crippen molar-refractivity contribution in [3.8, 4) is 6.07 Å². The molecule has 0 aliphatic carbocycles. The number of carbonyl (C=O) groups is 1. The number of hydrogen-bond acceptors (Lipinski definition) is 3. The van der Waals surface area contributed by atoms with Crippen LogP contribution in [0.4, 0.5) is 10.2 Å². The van der Waals surface area contributed by atoms with Crippen LogP contribution >= 0.6 is 0 Å². The zero-order valence-corrected chi connectivity index (χ0v) is 12.9. The van der Waals surface area contributed by atoms with Crippen LogP contribution in [-0.2, 0) is 12.5 Å². The second kappa shape index (κ2) is 5.60. The van der Waals surface area contributed by atoms with Gasteiger partial charge in [0.05, 0.1) is 11.5 Å². The Morgan fingerprint density at radius 1 is 1.41 bits per heavy atom. The van der Waals surface area contributed by atoms with Crippen molar-refractivity contribution >= 4 is 11.7 Å². The van der Waals surface area contributed by atoms with Gasteiger partial charge >= 0.3 is 0 Å². The number of nitriles is 1. The number of rotatable bonds is 3. The fourth-order valence-corrected chi connectivity index (χ4v) is 2.02. The molecular formula is C16H17FN4O. The normalized spacial score (nSPS) is 11.1. The van der Waals surface area contributed by atoms with Gasteiger partial charge in [-0.3, -0.25) is 9.48 Å². The maximum atomic E-state index is 13.9. The first-order valence-electron chi connectivity index (χ1n) is 6.78. The lowest BCUT2D eigenvalue weighted by atomic mass is 9.85. The van der Waals surface area contributed by atoms with Crippen molar-refractivity contribution in [2.75, 3.05) is 5.32 Å². The van der Waals surface area contributed by atoms with E-state index in [0.717, 1.165) is 5.69 Å². The maximum Gasteiger partial charge on any atom is 0.256 e. The highest BCUT2D eigenvalue weighted by Gasteiger charge is 2.25. The van der Waals surface area contributed by atoms with E-state index >= 15 is 0 Å². The molecule has 22 heavy (non-hydrogen) atoms. The molecule has 0 unspecified atom stereocenters. The number of anilines is 1. The van der Waals surface area contributed by atoms with Crippen molar-refractivity contribution in [3.05, 3.63) is 46.9 Å². The van der Waals surface area contributed by atoms with Gasteiger partial charge < -0.3 is 5.32 Å². The van der Waals surface area contributed by atoms with E-state index in [0.29, 0.717) is 5.82 Å². The van der Waals surface area contributed by atoms with Gasteiger partial charge in [0.15, 0.2) is 5.82 Å². The minimum Gasteiger partial charge on any atom is -0.305 e. The number of benzene rings is 1. The van der Waals surface area contributed by atoms with Crippen LogP contribution in [0.15, 0.2) is 24.3 Å². The Morgan fingerprint density at radius 3 is 2.64 bits per heavy atom.